The first-order chi connectivity index (χ1) is 7.73. The van der Waals surface area contributed by atoms with E-state index in [-0.39, 0.29) is 10.8 Å². The fourth-order valence-electron chi connectivity index (χ4n) is 2.51. The SMILES string of the molecule is CC1(C)CC1(CN)c1ccc(C(F)(F)F)nc1. The summed E-state index contributed by atoms with van der Waals surface area (Å²) in [4.78, 5) is 3.49. The minimum Gasteiger partial charge on any atom is -0.330 e. The summed E-state index contributed by atoms with van der Waals surface area (Å²) in [5.41, 5.74) is 5.54. The van der Waals surface area contributed by atoms with Crippen LogP contribution in [0.1, 0.15) is 31.5 Å². The van der Waals surface area contributed by atoms with Crippen molar-refractivity contribution in [2.24, 2.45) is 11.1 Å². The normalized spacial score (nSPS) is 26.9. The molecular formula is C12H15F3N2. The maximum absolute atomic E-state index is 12.4. The van der Waals surface area contributed by atoms with E-state index in [1.165, 1.54) is 12.3 Å². The number of hydrogen-bond acceptors (Lipinski definition) is 2. The summed E-state index contributed by atoms with van der Waals surface area (Å²) in [6.07, 6.45) is -2.18. The van der Waals surface area contributed by atoms with Crippen LogP contribution in [0.5, 0.6) is 0 Å². The Labute approximate surface area is 98.0 Å². The quantitative estimate of drug-likeness (QED) is 0.868. The number of halogens is 3. The molecule has 1 heterocycles. The Morgan fingerprint density at radius 1 is 1.35 bits per heavy atom. The van der Waals surface area contributed by atoms with E-state index in [0.717, 1.165) is 18.1 Å². The Morgan fingerprint density at radius 2 is 1.94 bits per heavy atom. The zero-order valence-corrected chi connectivity index (χ0v) is 9.80. The van der Waals surface area contributed by atoms with Crippen molar-refractivity contribution in [3.8, 4) is 0 Å². The van der Waals surface area contributed by atoms with Gasteiger partial charge >= 0.3 is 6.18 Å². The number of hydrogen-bond donors (Lipinski definition) is 1. The molecule has 0 spiro atoms. The van der Waals surface area contributed by atoms with E-state index in [4.69, 9.17) is 5.73 Å². The number of nitrogens with zero attached hydrogens (tertiary/aromatic N) is 1. The Hall–Kier alpha value is -1.10. The highest BCUT2D eigenvalue weighted by Gasteiger charge is 2.61. The van der Waals surface area contributed by atoms with Crippen molar-refractivity contribution in [3.05, 3.63) is 29.6 Å². The summed E-state index contributed by atoms with van der Waals surface area (Å²) in [5, 5.41) is 0. The van der Waals surface area contributed by atoms with Gasteiger partial charge < -0.3 is 5.73 Å². The van der Waals surface area contributed by atoms with Gasteiger partial charge in [0.25, 0.3) is 0 Å². The van der Waals surface area contributed by atoms with Crippen molar-refractivity contribution in [2.75, 3.05) is 6.54 Å². The second kappa shape index (κ2) is 3.45. The van der Waals surface area contributed by atoms with Crippen molar-refractivity contribution >= 4 is 0 Å². The summed E-state index contributed by atoms with van der Waals surface area (Å²) < 4.78 is 37.1. The summed E-state index contributed by atoms with van der Waals surface area (Å²) in [7, 11) is 0. The standard InChI is InChI=1S/C12H15F3N2/c1-10(2)6-11(10,7-16)8-3-4-9(17-5-8)12(13,14)15/h3-5H,6-7,16H2,1-2H3. The first-order valence-corrected chi connectivity index (χ1v) is 5.47. The summed E-state index contributed by atoms with van der Waals surface area (Å²) >= 11 is 0. The minimum atomic E-state index is -4.38. The van der Waals surface area contributed by atoms with Gasteiger partial charge in [-0.05, 0) is 23.5 Å². The van der Waals surface area contributed by atoms with Gasteiger partial charge in [-0.15, -0.1) is 0 Å². The van der Waals surface area contributed by atoms with Crippen LogP contribution >= 0.6 is 0 Å². The lowest BCUT2D eigenvalue weighted by Gasteiger charge is -2.19. The molecule has 2 nitrogen and oxygen atoms in total. The van der Waals surface area contributed by atoms with Gasteiger partial charge in [-0.3, -0.25) is 4.98 Å². The number of alkyl halides is 3. The Bertz CT molecular complexity index is 422. The highest BCUT2D eigenvalue weighted by molar-refractivity contribution is 5.36. The largest absolute Gasteiger partial charge is 0.433 e. The molecule has 1 aromatic heterocycles. The molecule has 2 N–H and O–H groups in total. The van der Waals surface area contributed by atoms with Crippen LogP contribution in [-0.4, -0.2) is 11.5 Å². The third kappa shape index (κ3) is 1.82. The molecule has 2 rings (SSSR count). The third-order valence-electron chi connectivity index (χ3n) is 3.87. The summed E-state index contributed by atoms with van der Waals surface area (Å²) in [6.45, 7) is 4.57. The summed E-state index contributed by atoms with van der Waals surface area (Å²) in [6, 6.07) is 2.53. The molecule has 1 unspecified atom stereocenters. The number of aromatic nitrogens is 1. The molecule has 0 saturated heterocycles. The number of pyridine rings is 1. The molecule has 1 atom stereocenters. The van der Waals surface area contributed by atoms with Crippen LogP contribution in [0, 0.1) is 5.41 Å². The van der Waals surface area contributed by atoms with Crippen molar-refractivity contribution in [1.29, 1.82) is 0 Å². The van der Waals surface area contributed by atoms with E-state index >= 15 is 0 Å². The molecule has 1 aliphatic rings. The molecule has 1 aromatic rings. The average molecular weight is 244 g/mol. The van der Waals surface area contributed by atoms with Crippen molar-refractivity contribution in [3.63, 3.8) is 0 Å². The minimum absolute atomic E-state index is 0.0448. The highest BCUT2D eigenvalue weighted by Crippen LogP contribution is 2.63. The zero-order valence-electron chi connectivity index (χ0n) is 9.80. The molecule has 0 bridgehead atoms. The lowest BCUT2D eigenvalue weighted by molar-refractivity contribution is -0.141. The molecule has 1 aliphatic carbocycles. The van der Waals surface area contributed by atoms with Gasteiger partial charge in [-0.2, -0.15) is 13.2 Å². The zero-order chi connectivity index (χ0) is 12.9. The third-order valence-corrected chi connectivity index (χ3v) is 3.87. The lowest BCUT2D eigenvalue weighted by Crippen LogP contribution is -2.25. The predicted molar refractivity (Wildman–Crippen MR) is 58.4 cm³/mol. The Morgan fingerprint density at radius 3 is 2.24 bits per heavy atom. The van der Waals surface area contributed by atoms with Crippen LogP contribution in [0.4, 0.5) is 13.2 Å². The van der Waals surface area contributed by atoms with E-state index in [9.17, 15) is 13.2 Å². The van der Waals surface area contributed by atoms with Gasteiger partial charge in [-0.25, -0.2) is 0 Å². The van der Waals surface area contributed by atoms with E-state index in [2.05, 4.69) is 18.8 Å². The van der Waals surface area contributed by atoms with E-state index in [1.807, 2.05) is 0 Å². The molecule has 94 valence electrons. The van der Waals surface area contributed by atoms with Gasteiger partial charge in [0.15, 0.2) is 0 Å². The van der Waals surface area contributed by atoms with Crippen molar-refractivity contribution in [2.45, 2.75) is 31.9 Å². The second-order valence-corrected chi connectivity index (χ2v) is 5.28. The van der Waals surface area contributed by atoms with Gasteiger partial charge in [0.1, 0.15) is 5.69 Å². The first-order valence-electron chi connectivity index (χ1n) is 5.47. The van der Waals surface area contributed by atoms with Gasteiger partial charge in [0, 0.05) is 18.2 Å². The fraction of sp³-hybridized carbons (Fsp3) is 0.583. The molecule has 0 radical (unpaired) electrons. The van der Waals surface area contributed by atoms with Crippen LogP contribution in [-0.2, 0) is 11.6 Å². The summed E-state index contributed by atoms with van der Waals surface area (Å²) in [5.74, 6) is 0. The highest BCUT2D eigenvalue weighted by atomic mass is 19.4. The molecule has 0 aliphatic heterocycles. The van der Waals surface area contributed by atoms with E-state index in [1.54, 1.807) is 0 Å². The van der Waals surface area contributed by atoms with Crippen LogP contribution in [0.2, 0.25) is 0 Å². The van der Waals surface area contributed by atoms with Gasteiger partial charge in [-0.1, -0.05) is 19.9 Å². The van der Waals surface area contributed by atoms with Crippen LogP contribution in [0.25, 0.3) is 0 Å². The number of rotatable bonds is 2. The van der Waals surface area contributed by atoms with Gasteiger partial charge in [0.2, 0.25) is 0 Å². The van der Waals surface area contributed by atoms with Crippen LogP contribution in [0.15, 0.2) is 18.3 Å². The van der Waals surface area contributed by atoms with Crippen molar-refractivity contribution in [1.82, 2.24) is 4.98 Å². The molecule has 1 fully saturated rings. The van der Waals surface area contributed by atoms with Crippen LogP contribution in [0.3, 0.4) is 0 Å². The predicted octanol–water partition coefficient (Wildman–Crippen LogP) is 2.73. The van der Waals surface area contributed by atoms with E-state index < -0.39 is 11.9 Å². The Kier molecular flexibility index (Phi) is 2.51. The fourth-order valence-corrected chi connectivity index (χ4v) is 2.51. The smallest absolute Gasteiger partial charge is 0.330 e. The molecular weight excluding hydrogens is 229 g/mol. The topological polar surface area (TPSA) is 38.9 Å². The maximum atomic E-state index is 12.4. The molecule has 1 saturated carbocycles. The molecule has 5 heteroatoms. The maximum Gasteiger partial charge on any atom is 0.433 e. The van der Waals surface area contributed by atoms with E-state index in [0.29, 0.717) is 6.54 Å². The molecule has 0 amide bonds. The molecule has 0 aromatic carbocycles. The lowest BCUT2D eigenvalue weighted by atomic mass is 9.89. The number of nitrogens with two attached hydrogens (primary N) is 1. The average Bonchev–Trinajstić information content (AvgIpc) is 2.81. The van der Waals surface area contributed by atoms with Crippen LogP contribution < -0.4 is 5.73 Å². The monoisotopic (exact) mass is 244 g/mol. The molecule has 17 heavy (non-hydrogen) atoms. The first kappa shape index (κ1) is 12.4. The Balaban J connectivity index is 2.31. The van der Waals surface area contributed by atoms with Crippen molar-refractivity contribution < 1.29 is 13.2 Å². The second-order valence-electron chi connectivity index (χ2n) is 5.28. The van der Waals surface area contributed by atoms with Gasteiger partial charge in [0.05, 0.1) is 0 Å².